The number of halogens is 1. The molecule has 0 aliphatic heterocycles. The Balaban J connectivity index is 2.80. The zero-order valence-corrected chi connectivity index (χ0v) is 11.9. The van der Waals surface area contributed by atoms with Crippen molar-refractivity contribution in [2.75, 3.05) is 32.1 Å². The number of aryl methyl sites for hydroxylation is 1. The van der Waals surface area contributed by atoms with Crippen LogP contribution in [0.4, 0.5) is 0 Å². The summed E-state index contributed by atoms with van der Waals surface area (Å²) in [5.41, 5.74) is 1.78. The van der Waals surface area contributed by atoms with Gasteiger partial charge in [-0.3, -0.25) is 4.79 Å². The van der Waals surface area contributed by atoms with E-state index in [4.69, 9.17) is 4.74 Å². The molecule has 17 heavy (non-hydrogen) atoms. The van der Waals surface area contributed by atoms with Crippen molar-refractivity contribution in [3.63, 3.8) is 0 Å². The van der Waals surface area contributed by atoms with Crippen molar-refractivity contribution in [1.29, 1.82) is 0 Å². The number of nitrogens with zero attached hydrogens (tertiary/aromatic N) is 1. The lowest BCUT2D eigenvalue weighted by molar-refractivity contribution is 0.0708. The molecule has 0 saturated carbocycles. The Labute approximate surface area is 111 Å². The Morgan fingerprint density at radius 3 is 2.65 bits per heavy atom. The average Bonchev–Trinajstić information content (AvgIpc) is 2.34. The molecule has 0 unspecified atom stereocenters. The van der Waals surface area contributed by atoms with E-state index in [-0.39, 0.29) is 5.91 Å². The van der Waals surface area contributed by atoms with Gasteiger partial charge in [-0.25, -0.2) is 0 Å². The highest BCUT2D eigenvalue weighted by molar-refractivity contribution is 9.09. The highest BCUT2D eigenvalue weighted by Gasteiger charge is 2.16. The van der Waals surface area contributed by atoms with Crippen LogP contribution in [0.3, 0.4) is 0 Å². The van der Waals surface area contributed by atoms with Gasteiger partial charge >= 0.3 is 0 Å². The van der Waals surface area contributed by atoms with E-state index < -0.39 is 0 Å². The SMILES string of the molecule is COCCN(CCBr)C(=O)c1ccccc1C. The second kappa shape index (κ2) is 7.45. The third-order valence-electron chi connectivity index (χ3n) is 2.58. The predicted molar refractivity (Wildman–Crippen MR) is 72.8 cm³/mol. The molecule has 0 aliphatic rings. The van der Waals surface area contributed by atoms with Crippen LogP contribution in [0, 0.1) is 6.92 Å². The van der Waals surface area contributed by atoms with E-state index in [9.17, 15) is 4.79 Å². The number of alkyl halides is 1. The van der Waals surface area contributed by atoms with E-state index in [1.807, 2.05) is 31.2 Å². The van der Waals surface area contributed by atoms with Crippen molar-refractivity contribution in [3.05, 3.63) is 35.4 Å². The van der Waals surface area contributed by atoms with E-state index >= 15 is 0 Å². The van der Waals surface area contributed by atoms with Gasteiger partial charge in [0.1, 0.15) is 0 Å². The van der Waals surface area contributed by atoms with Crippen molar-refractivity contribution in [2.24, 2.45) is 0 Å². The van der Waals surface area contributed by atoms with Gasteiger partial charge in [0.15, 0.2) is 0 Å². The summed E-state index contributed by atoms with van der Waals surface area (Å²) in [6, 6.07) is 7.65. The molecule has 0 radical (unpaired) electrons. The van der Waals surface area contributed by atoms with Crippen molar-refractivity contribution in [2.45, 2.75) is 6.92 Å². The number of hydrogen-bond donors (Lipinski definition) is 0. The number of carbonyl (C=O) groups excluding carboxylic acids is 1. The molecule has 0 aromatic heterocycles. The van der Waals surface area contributed by atoms with E-state index in [1.54, 1.807) is 12.0 Å². The minimum atomic E-state index is 0.0691. The maximum Gasteiger partial charge on any atom is 0.254 e. The molecule has 0 spiro atoms. The molecule has 0 heterocycles. The second-order valence-electron chi connectivity index (χ2n) is 3.79. The highest BCUT2D eigenvalue weighted by Crippen LogP contribution is 2.10. The summed E-state index contributed by atoms with van der Waals surface area (Å²) in [5, 5.41) is 0.772. The Morgan fingerprint density at radius 1 is 1.35 bits per heavy atom. The van der Waals surface area contributed by atoms with Crippen LogP contribution in [-0.4, -0.2) is 42.9 Å². The van der Waals surface area contributed by atoms with Gasteiger partial charge in [-0.1, -0.05) is 34.1 Å². The molecule has 0 bridgehead atoms. The monoisotopic (exact) mass is 299 g/mol. The Kier molecular flexibility index (Phi) is 6.22. The van der Waals surface area contributed by atoms with Gasteiger partial charge in [0, 0.05) is 31.1 Å². The van der Waals surface area contributed by atoms with E-state index in [0.717, 1.165) is 16.5 Å². The zero-order chi connectivity index (χ0) is 12.7. The molecule has 0 atom stereocenters. The van der Waals surface area contributed by atoms with Gasteiger partial charge in [0.25, 0.3) is 5.91 Å². The van der Waals surface area contributed by atoms with Crippen LogP contribution < -0.4 is 0 Å². The Morgan fingerprint density at radius 2 is 2.06 bits per heavy atom. The van der Waals surface area contributed by atoms with Crippen LogP contribution in [0.15, 0.2) is 24.3 Å². The van der Waals surface area contributed by atoms with E-state index in [2.05, 4.69) is 15.9 Å². The summed E-state index contributed by atoms with van der Waals surface area (Å²) >= 11 is 3.37. The highest BCUT2D eigenvalue weighted by atomic mass is 79.9. The van der Waals surface area contributed by atoms with Crippen molar-refractivity contribution in [3.8, 4) is 0 Å². The summed E-state index contributed by atoms with van der Waals surface area (Å²) in [5.74, 6) is 0.0691. The van der Waals surface area contributed by atoms with Gasteiger partial charge in [-0.2, -0.15) is 0 Å². The van der Waals surface area contributed by atoms with Crippen LogP contribution in [0.25, 0.3) is 0 Å². The topological polar surface area (TPSA) is 29.5 Å². The molecule has 4 heteroatoms. The summed E-state index contributed by atoms with van der Waals surface area (Å²) in [6.45, 7) is 3.83. The third-order valence-corrected chi connectivity index (χ3v) is 2.94. The van der Waals surface area contributed by atoms with Crippen LogP contribution >= 0.6 is 15.9 Å². The average molecular weight is 300 g/mol. The van der Waals surface area contributed by atoms with Gasteiger partial charge in [-0.05, 0) is 18.6 Å². The lowest BCUT2D eigenvalue weighted by Crippen LogP contribution is -2.35. The smallest absolute Gasteiger partial charge is 0.254 e. The summed E-state index contributed by atoms with van der Waals surface area (Å²) < 4.78 is 5.03. The number of carbonyl (C=O) groups is 1. The first-order valence-electron chi connectivity index (χ1n) is 5.60. The molecule has 0 saturated heterocycles. The molecular weight excluding hydrogens is 282 g/mol. The van der Waals surface area contributed by atoms with Crippen LogP contribution in [0.2, 0.25) is 0 Å². The lowest BCUT2D eigenvalue weighted by atomic mass is 10.1. The van der Waals surface area contributed by atoms with Crippen LogP contribution in [-0.2, 0) is 4.74 Å². The van der Waals surface area contributed by atoms with Crippen molar-refractivity contribution < 1.29 is 9.53 Å². The molecule has 0 N–H and O–H groups in total. The first-order valence-corrected chi connectivity index (χ1v) is 6.72. The number of benzene rings is 1. The third kappa shape index (κ3) is 4.13. The molecule has 0 aliphatic carbocycles. The molecule has 1 amide bonds. The van der Waals surface area contributed by atoms with Gasteiger partial charge in [0.05, 0.1) is 6.61 Å². The van der Waals surface area contributed by atoms with E-state index in [0.29, 0.717) is 19.7 Å². The molecule has 1 aromatic rings. The molecule has 94 valence electrons. The van der Waals surface area contributed by atoms with Crippen molar-refractivity contribution >= 4 is 21.8 Å². The fourth-order valence-corrected chi connectivity index (χ4v) is 2.03. The molecule has 1 rings (SSSR count). The first kappa shape index (κ1) is 14.2. The largest absolute Gasteiger partial charge is 0.383 e. The Hall–Kier alpha value is -0.870. The summed E-state index contributed by atoms with van der Waals surface area (Å²) in [4.78, 5) is 14.1. The van der Waals surface area contributed by atoms with Crippen LogP contribution in [0.5, 0.6) is 0 Å². The molecule has 1 aromatic carbocycles. The summed E-state index contributed by atoms with van der Waals surface area (Å²) in [6.07, 6.45) is 0. The number of hydrogen-bond acceptors (Lipinski definition) is 2. The fraction of sp³-hybridized carbons (Fsp3) is 0.462. The van der Waals surface area contributed by atoms with Crippen LogP contribution in [0.1, 0.15) is 15.9 Å². The number of amides is 1. The zero-order valence-electron chi connectivity index (χ0n) is 10.3. The maximum atomic E-state index is 12.3. The Bertz CT molecular complexity index is 368. The predicted octanol–water partition coefficient (Wildman–Crippen LogP) is 2.48. The second-order valence-corrected chi connectivity index (χ2v) is 4.58. The minimum Gasteiger partial charge on any atom is -0.383 e. The standard InChI is InChI=1S/C13H18BrNO2/c1-11-5-3-4-6-12(11)13(16)15(8-7-14)9-10-17-2/h3-6H,7-10H2,1-2H3. The van der Waals surface area contributed by atoms with Gasteiger partial charge < -0.3 is 9.64 Å². The van der Waals surface area contributed by atoms with Crippen molar-refractivity contribution in [1.82, 2.24) is 4.90 Å². The van der Waals surface area contributed by atoms with Gasteiger partial charge in [-0.15, -0.1) is 0 Å². The fourth-order valence-electron chi connectivity index (χ4n) is 1.60. The first-order chi connectivity index (χ1) is 8.20. The number of ether oxygens (including phenoxy) is 1. The van der Waals surface area contributed by atoms with Gasteiger partial charge in [0.2, 0.25) is 0 Å². The normalized spacial score (nSPS) is 10.3. The summed E-state index contributed by atoms with van der Waals surface area (Å²) in [7, 11) is 1.64. The minimum absolute atomic E-state index is 0.0691. The van der Waals surface area contributed by atoms with E-state index in [1.165, 1.54) is 0 Å². The quantitative estimate of drug-likeness (QED) is 0.755. The maximum absolute atomic E-state index is 12.3. The lowest BCUT2D eigenvalue weighted by Gasteiger charge is -2.22. The molecule has 0 fully saturated rings. The number of methoxy groups -OCH3 is 1. The number of rotatable bonds is 6. The molecule has 3 nitrogen and oxygen atoms in total. The molecular formula is C13H18BrNO2.